The number of rotatable bonds is 6. The molecule has 3 heterocycles. The number of aromatic nitrogens is 1. The highest BCUT2D eigenvalue weighted by molar-refractivity contribution is 7.18. The van der Waals surface area contributed by atoms with Gasteiger partial charge in [-0.1, -0.05) is 0 Å². The Morgan fingerprint density at radius 3 is 2.55 bits per heavy atom. The van der Waals surface area contributed by atoms with Crippen molar-refractivity contribution in [1.82, 2.24) is 20.5 Å². The number of carbonyl (C=O) groups is 4. The van der Waals surface area contributed by atoms with E-state index in [1.165, 1.54) is 37.3 Å². The Morgan fingerprint density at radius 2 is 1.88 bits per heavy atom. The number of methoxy groups -OCH3 is 2. The molecule has 1 unspecified atom stereocenters. The minimum atomic E-state index is -1.11. The topological polar surface area (TPSA) is 139 Å². The first kappa shape index (κ1) is 27.2. The molecule has 40 heavy (non-hydrogen) atoms. The first-order valence-corrected chi connectivity index (χ1v) is 13.0. The molecule has 0 bridgehead atoms. The van der Waals surface area contributed by atoms with E-state index in [1.54, 1.807) is 13.8 Å². The van der Waals surface area contributed by atoms with E-state index in [9.17, 15) is 23.6 Å². The number of fused-ring (bicyclic) bond motifs is 2. The Kier molecular flexibility index (Phi) is 6.82. The Balaban J connectivity index is 1.34. The zero-order chi connectivity index (χ0) is 28.9. The van der Waals surface area contributed by atoms with E-state index in [0.29, 0.717) is 10.8 Å². The molecule has 5 amide bonds. The quantitative estimate of drug-likeness (QED) is 0.384. The van der Waals surface area contributed by atoms with Crippen LogP contribution in [0.15, 0.2) is 18.2 Å². The normalized spacial score (nSPS) is 17.1. The van der Waals surface area contributed by atoms with Gasteiger partial charge in [0.1, 0.15) is 22.3 Å². The Bertz CT molecular complexity index is 1590. The molecule has 3 N–H and O–H groups in total. The highest BCUT2D eigenvalue weighted by Crippen LogP contribution is 2.40. The molecule has 0 spiro atoms. The summed E-state index contributed by atoms with van der Waals surface area (Å²) < 4.78 is 40.9. The summed E-state index contributed by atoms with van der Waals surface area (Å²) in [7, 11) is 2.76. The van der Waals surface area contributed by atoms with Crippen LogP contribution in [0.5, 0.6) is 11.5 Å². The summed E-state index contributed by atoms with van der Waals surface area (Å²) in [5, 5.41) is 7.73. The molecule has 11 nitrogen and oxygen atoms in total. The fraction of sp³-hybridized carbons (Fsp3) is 0.346. The molecule has 1 fully saturated rings. The summed E-state index contributed by atoms with van der Waals surface area (Å²) in [6.07, 6.45) is 0.215. The van der Waals surface area contributed by atoms with Crippen molar-refractivity contribution in [1.29, 1.82) is 0 Å². The second kappa shape index (κ2) is 10.0. The Hall–Kier alpha value is -4.33. The van der Waals surface area contributed by atoms with E-state index >= 15 is 4.39 Å². The first-order chi connectivity index (χ1) is 18.9. The average molecular weight is 574 g/mol. The van der Waals surface area contributed by atoms with Crippen LogP contribution in [0.1, 0.15) is 47.6 Å². The summed E-state index contributed by atoms with van der Waals surface area (Å²) in [6.45, 7) is 3.13. The molecule has 0 saturated carbocycles. The lowest BCUT2D eigenvalue weighted by atomic mass is 10.0. The van der Waals surface area contributed by atoms with E-state index in [0.717, 1.165) is 11.3 Å². The summed E-state index contributed by atoms with van der Waals surface area (Å²) in [4.78, 5) is 55.2. The Labute approximate surface area is 230 Å². The van der Waals surface area contributed by atoms with E-state index in [4.69, 9.17) is 9.47 Å². The number of hydrogen-bond acceptors (Lipinski definition) is 8. The van der Waals surface area contributed by atoms with Crippen LogP contribution < -0.4 is 25.4 Å². The number of amides is 5. The average Bonchev–Trinajstić information content (AvgIpc) is 3.50. The second-order valence-electron chi connectivity index (χ2n) is 9.85. The molecular formula is C26H25F2N5O6S. The van der Waals surface area contributed by atoms with Gasteiger partial charge >= 0.3 is 6.03 Å². The molecule has 1 saturated heterocycles. The van der Waals surface area contributed by atoms with Gasteiger partial charge in [-0.25, -0.2) is 18.6 Å². The fourth-order valence-corrected chi connectivity index (χ4v) is 5.83. The fourth-order valence-electron chi connectivity index (χ4n) is 4.76. The third-order valence-corrected chi connectivity index (χ3v) is 8.21. The highest BCUT2D eigenvalue weighted by Gasteiger charge is 2.40. The standard InChI is InChI=1S/C26H25F2N5O6S/c1-26(2,24-31-20-16(39-4)9-15(38-3)19(28)21(20)40-24)32-25(37)29-13-6-5-11-12(18(13)27)10-33(23(11)36)14-7-8-17(34)30-22(14)35/h5-6,9,14H,7-8,10H2,1-4H3,(H2,29,32,37)(H,30,34,35). The largest absolute Gasteiger partial charge is 0.494 e. The van der Waals surface area contributed by atoms with E-state index in [1.807, 2.05) is 0 Å². The van der Waals surface area contributed by atoms with E-state index in [-0.39, 0.29) is 52.2 Å². The van der Waals surface area contributed by atoms with Crippen LogP contribution in [0.4, 0.5) is 19.3 Å². The van der Waals surface area contributed by atoms with Crippen molar-refractivity contribution in [3.63, 3.8) is 0 Å². The smallest absolute Gasteiger partial charge is 0.320 e. The maximum Gasteiger partial charge on any atom is 0.320 e. The number of nitrogens with zero attached hydrogens (tertiary/aromatic N) is 2. The minimum Gasteiger partial charge on any atom is -0.494 e. The number of imide groups is 1. The van der Waals surface area contributed by atoms with Crippen molar-refractivity contribution in [2.75, 3.05) is 19.5 Å². The molecule has 1 aromatic heterocycles. The molecule has 3 aromatic rings. The number of nitrogens with one attached hydrogen (secondary N) is 3. The minimum absolute atomic E-state index is 0.00945. The lowest BCUT2D eigenvalue weighted by Gasteiger charge is -2.29. The zero-order valence-electron chi connectivity index (χ0n) is 21.9. The van der Waals surface area contributed by atoms with Gasteiger partial charge in [0.2, 0.25) is 11.8 Å². The van der Waals surface area contributed by atoms with Crippen molar-refractivity contribution in [3.05, 3.63) is 46.0 Å². The van der Waals surface area contributed by atoms with Crippen LogP contribution in [-0.2, 0) is 21.7 Å². The van der Waals surface area contributed by atoms with Crippen LogP contribution in [0.25, 0.3) is 10.2 Å². The van der Waals surface area contributed by atoms with Gasteiger partial charge in [0.25, 0.3) is 5.91 Å². The third kappa shape index (κ3) is 4.57. The molecule has 5 rings (SSSR count). The number of anilines is 1. The second-order valence-corrected chi connectivity index (χ2v) is 10.8. The van der Waals surface area contributed by atoms with Crippen LogP contribution in [0.3, 0.4) is 0 Å². The number of hydrogen-bond donors (Lipinski definition) is 3. The van der Waals surface area contributed by atoms with Gasteiger partial charge in [0.15, 0.2) is 17.4 Å². The molecule has 2 aliphatic rings. The lowest BCUT2D eigenvalue weighted by Crippen LogP contribution is -2.52. The number of halogens is 2. The number of piperidine rings is 1. The van der Waals surface area contributed by atoms with E-state index in [2.05, 4.69) is 20.9 Å². The SMILES string of the molecule is COc1cc(OC)c2nc(C(C)(C)NC(=O)Nc3ccc4c(c3F)CN(C3CCC(=O)NC3=O)C4=O)sc2c1F. The number of thiazole rings is 1. The summed E-state index contributed by atoms with van der Waals surface area (Å²) >= 11 is 1.01. The maximum absolute atomic E-state index is 15.4. The monoisotopic (exact) mass is 573 g/mol. The highest BCUT2D eigenvalue weighted by atomic mass is 32.1. The predicted octanol–water partition coefficient (Wildman–Crippen LogP) is 3.41. The van der Waals surface area contributed by atoms with Gasteiger partial charge < -0.3 is 25.0 Å². The van der Waals surface area contributed by atoms with Crippen LogP contribution in [0.2, 0.25) is 0 Å². The number of urea groups is 1. The van der Waals surface area contributed by atoms with Crippen molar-refractivity contribution < 1.29 is 37.4 Å². The molecule has 2 aromatic carbocycles. The first-order valence-electron chi connectivity index (χ1n) is 12.2. The van der Waals surface area contributed by atoms with Gasteiger partial charge in [0, 0.05) is 23.6 Å². The van der Waals surface area contributed by atoms with Gasteiger partial charge in [0.05, 0.1) is 36.7 Å². The molecule has 14 heteroatoms. The summed E-state index contributed by atoms with van der Waals surface area (Å²) in [6, 6.07) is 2.37. The van der Waals surface area contributed by atoms with Crippen molar-refractivity contribution >= 4 is 51.0 Å². The molecular weight excluding hydrogens is 548 g/mol. The summed E-state index contributed by atoms with van der Waals surface area (Å²) in [5.74, 6) is -2.69. The van der Waals surface area contributed by atoms with Gasteiger partial charge in [-0.15, -0.1) is 11.3 Å². The maximum atomic E-state index is 15.4. The molecule has 2 aliphatic heterocycles. The van der Waals surface area contributed by atoms with Crippen molar-refractivity contribution in [3.8, 4) is 11.5 Å². The van der Waals surface area contributed by atoms with Crippen LogP contribution in [-0.4, -0.2) is 53.9 Å². The van der Waals surface area contributed by atoms with Gasteiger partial charge in [-0.2, -0.15) is 0 Å². The predicted molar refractivity (Wildman–Crippen MR) is 140 cm³/mol. The van der Waals surface area contributed by atoms with Crippen LogP contribution >= 0.6 is 11.3 Å². The van der Waals surface area contributed by atoms with Gasteiger partial charge in [-0.3, -0.25) is 19.7 Å². The molecule has 210 valence electrons. The zero-order valence-corrected chi connectivity index (χ0v) is 22.8. The van der Waals surface area contributed by atoms with Gasteiger partial charge in [-0.05, 0) is 32.4 Å². The van der Waals surface area contributed by atoms with Crippen molar-refractivity contribution in [2.45, 2.75) is 44.8 Å². The molecule has 1 atom stereocenters. The number of benzene rings is 2. The van der Waals surface area contributed by atoms with Crippen molar-refractivity contribution in [2.24, 2.45) is 0 Å². The Morgan fingerprint density at radius 1 is 1.15 bits per heavy atom. The number of carbonyl (C=O) groups excluding carboxylic acids is 4. The van der Waals surface area contributed by atoms with E-state index < -0.39 is 47.0 Å². The molecule has 0 radical (unpaired) electrons. The number of ether oxygens (including phenoxy) is 2. The third-order valence-electron chi connectivity index (χ3n) is 6.84. The lowest BCUT2D eigenvalue weighted by molar-refractivity contribution is -0.136. The van der Waals surface area contributed by atoms with Crippen LogP contribution in [0, 0.1) is 11.6 Å². The summed E-state index contributed by atoms with van der Waals surface area (Å²) in [5.41, 5.74) is -0.897. The molecule has 0 aliphatic carbocycles.